The Kier molecular flexibility index (Phi) is 2.71. The third kappa shape index (κ3) is 1.75. The van der Waals surface area contributed by atoms with Gasteiger partial charge in [-0.15, -0.1) is 0 Å². The SMILES string of the molecule is Cc1ccccc1C(N)C1(c2ccccc2)CC1. The predicted molar refractivity (Wildman–Crippen MR) is 75.5 cm³/mol. The van der Waals surface area contributed by atoms with Crippen molar-refractivity contribution in [1.29, 1.82) is 0 Å². The zero-order chi connectivity index (χ0) is 12.6. The highest BCUT2D eigenvalue weighted by Crippen LogP contribution is 2.55. The molecule has 0 amide bonds. The zero-order valence-corrected chi connectivity index (χ0v) is 10.8. The third-order valence-electron chi connectivity index (χ3n) is 4.26. The maximum atomic E-state index is 6.57. The van der Waals surface area contributed by atoms with Crippen molar-refractivity contribution in [2.75, 3.05) is 0 Å². The first-order valence-electron chi connectivity index (χ1n) is 6.61. The summed E-state index contributed by atoms with van der Waals surface area (Å²) >= 11 is 0. The molecule has 0 heterocycles. The van der Waals surface area contributed by atoms with Crippen LogP contribution in [0.4, 0.5) is 0 Å². The van der Waals surface area contributed by atoms with Gasteiger partial charge in [-0.1, -0.05) is 54.6 Å². The topological polar surface area (TPSA) is 26.0 Å². The summed E-state index contributed by atoms with van der Waals surface area (Å²) < 4.78 is 0. The molecule has 0 saturated heterocycles. The highest BCUT2D eigenvalue weighted by atomic mass is 14.7. The van der Waals surface area contributed by atoms with Gasteiger partial charge in [0.05, 0.1) is 0 Å². The van der Waals surface area contributed by atoms with Gasteiger partial charge in [0.2, 0.25) is 0 Å². The van der Waals surface area contributed by atoms with Crippen LogP contribution in [-0.4, -0.2) is 0 Å². The summed E-state index contributed by atoms with van der Waals surface area (Å²) in [5, 5.41) is 0. The molecule has 0 aromatic heterocycles. The van der Waals surface area contributed by atoms with Crippen LogP contribution in [0.2, 0.25) is 0 Å². The van der Waals surface area contributed by atoms with Gasteiger partial charge in [0.15, 0.2) is 0 Å². The fourth-order valence-electron chi connectivity index (χ4n) is 2.92. The molecule has 0 aliphatic heterocycles. The van der Waals surface area contributed by atoms with Gasteiger partial charge in [-0.3, -0.25) is 0 Å². The van der Waals surface area contributed by atoms with Crippen LogP contribution in [-0.2, 0) is 5.41 Å². The average Bonchev–Trinajstić information content (AvgIpc) is 3.21. The van der Waals surface area contributed by atoms with E-state index in [1.165, 1.54) is 29.5 Å². The Balaban J connectivity index is 1.98. The van der Waals surface area contributed by atoms with Crippen LogP contribution in [0.5, 0.6) is 0 Å². The molecule has 2 aromatic carbocycles. The smallest absolute Gasteiger partial charge is 0.0395 e. The fraction of sp³-hybridized carbons (Fsp3) is 0.294. The van der Waals surface area contributed by atoms with Crippen molar-refractivity contribution < 1.29 is 0 Å². The molecule has 0 spiro atoms. The van der Waals surface area contributed by atoms with E-state index in [1.807, 2.05) is 0 Å². The molecule has 1 nitrogen and oxygen atoms in total. The normalized spacial score (nSPS) is 18.3. The number of nitrogens with two attached hydrogens (primary N) is 1. The van der Waals surface area contributed by atoms with Crippen molar-refractivity contribution in [3.8, 4) is 0 Å². The first-order valence-corrected chi connectivity index (χ1v) is 6.61. The maximum Gasteiger partial charge on any atom is 0.0395 e. The molecule has 2 aromatic rings. The molecule has 0 radical (unpaired) electrons. The third-order valence-corrected chi connectivity index (χ3v) is 4.26. The number of hydrogen-bond acceptors (Lipinski definition) is 1. The lowest BCUT2D eigenvalue weighted by molar-refractivity contribution is 0.539. The molecule has 92 valence electrons. The molecule has 3 rings (SSSR count). The van der Waals surface area contributed by atoms with Gasteiger partial charge in [-0.2, -0.15) is 0 Å². The summed E-state index contributed by atoms with van der Waals surface area (Å²) in [7, 11) is 0. The van der Waals surface area contributed by atoms with Gasteiger partial charge in [-0.05, 0) is 36.5 Å². The maximum absolute atomic E-state index is 6.57. The van der Waals surface area contributed by atoms with Crippen LogP contribution in [0.1, 0.15) is 35.6 Å². The van der Waals surface area contributed by atoms with Crippen molar-refractivity contribution in [2.45, 2.75) is 31.2 Å². The van der Waals surface area contributed by atoms with E-state index in [-0.39, 0.29) is 11.5 Å². The van der Waals surface area contributed by atoms with E-state index in [0.717, 1.165) is 0 Å². The summed E-state index contributed by atoms with van der Waals surface area (Å²) in [5.41, 5.74) is 10.7. The molecule has 2 N–H and O–H groups in total. The standard InChI is InChI=1S/C17H19N/c1-13-7-5-6-10-15(13)16(18)17(11-12-17)14-8-3-2-4-9-14/h2-10,16H,11-12,18H2,1H3. The van der Waals surface area contributed by atoms with E-state index in [2.05, 4.69) is 61.5 Å². The Morgan fingerprint density at radius 3 is 2.17 bits per heavy atom. The van der Waals surface area contributed by atoms with Crippen LogP contribution in [0.15, 0.2) is 54.6 Å². The summed E-state index contributed by atoms with van der Waals surface area (Å²) in [6, 6.07) is 19.3. The largest absolute Gasteiger partial charge is 0.323 e. The van der Waals surface area contributed by atoms with Crippen molar-refractivity contribution in [3.63, 3.8) is 0 Å². The second-order valence-corrected chi connectivity index (χ2v) is 5.36. The van der Waals surface area contributed by atoms with E-state index in [1.54, 1.807) is 0 Å². The molecule has 18 heavy (non-hydrogen) atoms. The summed E-state index contributed by atoms with van der Waals surface area (Å²) in [5.74, 6) is 0. The summed E-state index contributed by atoms with van der Waals surface area (Å²) in [6.45, 7) is 2.15. The molecule has 1 heteroatoms. The Morgan fingerprint density at radius 2 is 1.56 bits per heavy atom. The molecule has 1 aliphatic carbocycles. The Morgan fingerprint density at radius 1 is 0.944 bits per heavy atom. The molecule has 1 unspecified atom stereocenters. The highest BCUT2D eigenvalue weighted by Gasteiger charge is 2.49. The number of aryl methyl sites for hydroxylation is 1. The molecule has 1 saturated carbocycles. The quantitative estimate of drug-likeness (QED) is 0.865. The van der Waals surface area contributed by atoms with Crippen molar-refractivity contribution in [2.24, 2.45) is 5.73 Å². The molecule has 1 atom stereocenters. The van der Waals surface area contributed by atoms with Crippen LogP contribution >= 0.6 is 0 Å². The second kappa shape index (κ2) is 4.25. The monoisotopic (exact) mass is 237 g/mol. The Hall–Kier alpha value is -1.60. The minimum atomic E-state index is 0.112. The number of benzene rings is 2. The fourth-order valence-corrected chi connectivity index (χ4v) is 2.92. The zero-order valence-electron chi connectivity index (χ0n) is 10.8. The van der Waals surface area contributed by atoms with Crippen LogP contribution in [0, 0.1) is 6.92 Å². The second-order valence-electron chi connectivity index (χ2n) is 5.36. The first-order chi connectivity index (χ1) is 8.74. The van der Waals surface area contributed by atoms with Gasteiger partial charge >= 0.3 is 0 Å². The van der Waals surface area contributed by atoms with E-state index >= 15 is 0 Å². The Bertz CT molecular complexity index is 541. The first kappa shape index (κ1) is 11.5. The lowest BCUT2D eigenvalue weighted by atomic mass is 9.83. The summed E-state index contributed by atoms with van der Waals surface area (Å²) in [6.07, 6.45) is 2.40. The van der Waals surface area contributed by atoms with Gasteiger partial charge < -0.3 is 5.73 Å². The van der Waals surface area contributed by atoms with E-state index < -0.39 is 0 Å². The molecule has 1 fully saturated rings. The van der Waals surface area contributed by atoms with E-state index in [9.17, 15) is 0 Å². The van der Waals surface area contributed by atoms with Crippen molar-refractivity contribution >= 4 is 0 Å². The van der Waals surface area contributed by atoms with Crippen molar-refractivity contribution in [1.82, 2.24) is 0 Å². The van der Waals surface area contributed by atoms with E-state index in [0.29, 0.717) is 0 Å². The van der Waals surface area contributed by atoms with Crippen LogP contribution in [0.25, 0.3) is 0 Å². The molecular formula is C17H19N. The Labute approximate surface area is 109 Å². The minimum Gasteiger partial charge on any atom is -0.323 e. The van der Waals surface area contributed by atoms with Crippen LogP contribution < -0.4 is 5.73 Å². The average molecular weight is 237 g/mol. The minimum absolute atomic E-state index is 0.112. The van der Waals surface area contributed by atoms with Gasteiger partial charge in [0, 0.05) is 11.5 Å². The van der Waals surface area contributed by atoms with Crippen LogP contribution in [0.3, 0.4) is 0 Å². The molecule has 0 bridgehead atoms. The highest BCUT2D eigenvalue weighted by molar-refractivity contribution is 5.40. The van der Waals surface area contributed by atoms with Gasteiger partial charge in [0.25, 0.3) is 0 Å². The van der Waals surface area contributed by atoms with Gasteiger partial charge in [0.1, 0.15) is 0 Å². The number of hydrogen-bond donors (Lipinski definition) is 1. The predicted octanol–water partition coefficient (Wildman–Crippen LogP) is 3.73. The lowest BCUT2D eigenvalue weighted by Crippen LogP contribution is -2.27. The van der Waals surface area contributed by atoms with Crippen molar-refractivity contribution in [3.05, 3.63) is 71.3 Å². The molecule has 1 aliphatic rings. The molecular weight excluding hydrogens is 218 g/mol. The van der Waals surface area contributed by atoms with E-state index in [4.69, 9.17) is 5.73 Å². The summed E-state index contributed by atoms with van der Waals surface area (Å²) in [4.78, 5) is 0. The van der Waals surface area contributed by atoms with Gasteiger partial charge in [-0.25, -0.2) is 0 Å². The number of rotatable bonds is 3. The lowest BCUT2D eigenvalue weighted by Gasteiger charge is -2.25.